The lowest BCUT2D eigenvalue weighted by atomic mass is 9.97. The molecule has 0 unspecified atom stereocenters. The maximum atomic E-state index is 6.77. The first-order valence-electron chi connectivity index (χ1n) is 18.0. The number of furan rings is 2. The van der Waals surface area contributed by atoms with Crippen LogP contribution < -0.4 is 4.90 Å². The first-order chi connectivity index (χ1) is 26.3. The minimum atomic E-state index is 0.852. The third-order valence-electron chi connectivity index (χ3n) is 10.6. The molecule has 248 valence electrons. The van der Waals surface area contributed by atoms with Crippen molar-refractivity contribution in [1.82, 2.24) is 0 Å². The summed E-state index contributed by atoms with van der Waals surface area (Å²) in [6, 6.07) is 66.7. The van der Waals surface area contributed by atoms with Crippen molar-refractivity contribution in [3.63, 3.8) is 0 Å². The lowest BCUT2D eigenvalue weighted by Gasteiger charge is -2.28. The second kappa shape index (κ2) is 11.7. The highest BCUT2D eigenvalue weighted by Crippen LogP contribution is 2.48. The first kappa shape index (κ1) is 29.6. The monoisotopic (exact) mass is 677 g/mol. The second-order valence-corrected chi connectivity index (χ2v) is 13.7. The van der Waals surface area contributed by atoms with E-state index in [0.29, 0.717) is 0 Å². The molecular formula is C50H31NO2. The van der Waals surface area contributed by atoms with Crippen LogP contribution >= 0.6 is 0 Å². The molecule has 0 aliphatic carbocycles. The summed E-state index contributed by atoms with van der Waals surface area (Å²) in [4.78, 5) is 2.38. The molecule has 9 aromatic carbocycles. The van der Waals surface area contributed by atoms with Crippen LogP contribution in [0.1, 0.15) is 0 Å². The number of benzene rings is 9. The van der Waals surface area contributed by atoms with Crippen molar-refractivity contribution in [2.24, 2.45) is 0 Å². The quantitative estimate of drug-likeness (QED) is 0.182. The Morgan fingerprint density at radius 1 is 0.340 bits per heavy atom. The molecule has 0 aliphatic heterocycles. The molecule has 53 heavy (non-hydrogen) atoms. The summed E-state index contributed by atoms with van der Waals surface area (Å²) in [6.07, 6.45) is 0. The Morgan fingerprint density at radius 3 is 1.83 bits per heavy atom. The van der Waals surface area contributed by atoms with E-state index in [1.54, 1.807) is 0 Å². The van der Waals surface area contributed by atoms with E-state index in [-0.39, 0.29) is 0 Å². The summed E-state index contributed by atoms with van der Waals surface area (Å²) < 4.78 is 13.2. The van der Waals surface area contributed by atoms with E-state index in [1.807, 2.05) is 12.1 Å². The van der Waals surface area contributed by atoms with E-state index in [4.69, 9.17) is 8.83 Å². The fourth-order valence-corrected chi connectivity index (χ4v) is 8.21. The SMILES string of the molecule is c1ccc(N(c2ccc(-c3cccc4ccccc34)cc2)c2cccc3oc4ccccc4c23)c(-c2cccc3c2oc2cc4ccccc4cc23)c1. The Bertz CT molecular complexity index is 3180. The Morgan fingerprint density at radius 2 is 0.943 bits per heavy atom. The Kier molecular flexibility index (Phi) is 6.55. The van der Waals surface area contributed by atoms with Crippen LogP contribution in [0.4, 0.5) is 17.1 Å². The van der Waals surface area contributed by atoms with Crippen LogP contribution in [0, 0.1) is 0 Å². The van der Waals surface area contributed by atoms with Crippen LogP contribution in [-0.2, 0) is 0 Å². The maximum Gasteiger partial charge on any atom is 0.143 e. The van der Waals surface area contributed by atoms with E-state index in [1.165, 1.54) is 32.7 Å². The zero-order chi connectivity index (χ0) is 34.9. The van der Waals surface area contributed by atoms with Crippen molar-refractivity contribution in [1.29, 1.82) is 0 Å². The van der Waals surface area contributed by atoms with E-state index >= 15 is 0 Å². The number of nitrogens with zero attached hydrogens (tertiary/aromatic N) is 1. The summed E-state index contributed by atoms with van der Waals surface area (Å²) in [6.45, 7) is 0. The standard InChI is InChI=1S/C50H31NO2/c1-2-14-35-31-48-43(30-34(35)13-1)41-21-10-20-40(50(41)53-48)39-17-5-7-22-44(39)51(45-23-11-25-47-49(45)42-18-6-8-24-46(42)52-47)36-28-26-33(27-29-36)38-19-9-15-32-12-3-4-16-37(32)38/h1-31H. The minimum absolute atomic E-state index is 0.852. The van der Waals surface area contributed by atoms with Crippen LogP contribution in [0.25, 0.3) is 87.7 Å². The molecule has 2 heterocycles. The van der Waals surface area contributed by atoms with Gasteiger partial charge in [-0.25, -0.2) is 0 Å². The van der Waals surface area contributed by atoms with E-state index in [9.17, 15) is 0 Å². The lowest BCUT2D eigenvalue weighted by molar-refractivity contribution is 0.669. The van der Waals surface area contributed by atoms with Crippen LogP contribution in [0.2, 0.25) is 0 Å². The van der Waals surface area contributed by atoms with Gasteiger partial charge >= 0.3 is 0 Å². The number of rotatable bonds is 5. The van der Waals surface area contributed by atoms with Gasteiger partial charge in [-0.15, -0.1) is 0 Å². The third kappa shape index (κ3) is 4.68. The van der Waals surface area contributed by atoms with Gasteiger partial charge in [0.15, 0.2) is 0 Å². The molecule has 0 radical (unpaired) electrons. The van der Waals surface area contributed by atoms with Gasteiger partial charge in [-0.2, -0.15) is 0 Å². The fraction of sp³-hybridized carbons (Fsp3) is 0. The zero-order valence-electron chi connectivity index (χ0n) is 28.7. The predicted molar refractivity (Wildman–Crippen MR) is 222 cm³/mol. The summed E-state index contributed by atoms with van der Waals surface area (Å²) in [5, 5.41) is 9.22. The van der Waals surface area contributed by atoms with Crippen molar-refractivity contribution in [2.75, 3.05) is 4.90 Å². The van der Waals surface area contributed by atoms with E-state index in [0.717, 1.165) is 72.1 Å². The second-order valence-electron chi connectivity index (χ2n) is 13.7. The molecular weight excluding hydrogens is 647 g/mol. The Hall–Kier alpha value is -7.10. The molecule has 0 N–H and O–H groups in total. The summed E-state index contributed by atoms with van der Waals surface area (Å²) in [7, 11) is 0. The van der Waals surface area contributed by atoms with Gasteiger partial charge in [-0.3, -0.25) is 0 Å². The number of para-hydroxylation sites is 3. The van der Waals surface area contributed by atoms with Crippen molar-refractivity contribution in [3.8, 4) is 22.3 Å². The van der Waals surface area contributed by atoms with Crippen molar-refractivity contribution in [2.45, 2.75) is 0 Å². The minimum Gasteiger partial charge on any atom is -0.456 e. The van der Waals surface area contributed by atoms with Gasteiger partial charge in [0.1, 0.15) is 22.3 Å². The van der Waals surface area contributed by atoms with Gasteiger partial charge < -0.3 is 13.7 Å². The van der Waals surface area contributed by atoms with Gasteiger partial charge in [-0.1, -0.05) is 140 Å². The lowest BCUT2D eigenvalue weighted by Crippen LogP contribution is -2.11. The summed E-state index contributed by atoms with van der Waals surface area (Å²) >= 11 is 0. The molecule has 3 heteroatoms. The highest BCUT2D eigenvalue weighted by atomic mass is 16.3. The van der Waals surface area contributed by atoms with Crippen LogP contribution in [0.5, 0.6) is 0 Å². The number of anilines is 3. The highest BCUT2D eigenvalue weighted by Gasteiger charge is 2.23. The highest BCUT2D eigenvalue weighted by molar-refractivity contribution is 6.16. The molecule has 11 aromatic rings. The molecule has 11 rings (SSSR count). The van der Waals surface area contributed by atoms with Crippen molar-refractivity contribution < 1.29 is 8.83 Å². The van der Waals surface area contributed by atoms with Gasteiger partial charge in [-0.05, 0) is 81.2 Å². The molecule has 0 bridgehead atoms. The average molecular weight is 678 g/mol. The fourth-order valence-electron chi connectivity index (χ4n) is 8.21. The molecule has 0 saturated carbocycles. The Balaban J connectivity index is 1.15. The van der Waals surface area contributed by atoms with Crippen LogP contribution in [-0.4, -0.2) is 0 Å². The van der Waals surface area contributed by atoms with Crippen molar-refractivity contribution in [3.05, 3.63) is 188 Å². The topological polar surface area (TPSA) is 29.5 Å². The molecule has 3 nitrogen and oxygen atoms in total. The predicted octanol–water partition coefficient (Wildman–Crippen LogP) is 14.6. The molecule has 0 saturated heterocycles. The number of hydrogen-bond acceptors (Lipinski definition) is 3. The largest absolute Gasteiger partial charge is 0.456 e. The average Bonchev–Trinajstić information content (AvgIpc) is 3.79. The molecule has 0 amide bonds. The molecule has 2 aromatic heterocycles. The van der Waals surface area contributed by atoms with Crippen LogP contribution in [0.15, 0.2) is 197 Å². The van der Waals surface area contributed by atoms with E-state index < -0.39 is 0 Å². The first-order valence-corrected chi connectivity index (χ1v) is 18.0. The maximum absolute atomic E-state index is 6.77. The molecule has 0 atom stereocenters. The van der Waals surface area contributed by atoms with Gasteiger partial charge in [0.05, 0.1) is 16.8 Å². The van der Waals surface area contributed by atoms with Crippen LogP contribution in [0.3, 0.4) is 0 Å². The Labute approximate surface area is 305 Å². The van der Waals surface area contributed by atoms with Gasteiger partial charge in [0, 0.05) is 33.0 Å². The molecule has 0 aliphatic rings. The van der Waals surface area contributed by atoms with Gasteiger partial charge in [0.2, 0.25) is 0 Å². The number of fused-ring (bicyclic) bond motifs is 8. The third-order valence-corrected chi connectivity index (χ3v) is 10.6. The molecule has 0 spiro atoms. The number of hydrogen-bond donors (Lipinski definition) is 0. The zero-order valence-corrected chi connectivity index (χ0v) is 28.7. The van der Waals surface area contributed by atoms with Crippen molar-refractivity contribution >= 4 is 82.5 Å². The normalized spacial score (nSPS) is 11.8. The molecule has 0 fully saturated rings. The smallest absolute Gasteiger partial charge is 0.143 e. The summed E-state index contributed by atoms with van der Waals surface area (Å²) in [5.41, 5.74) is 11.1. The van der Waals surface area contributed by atoms with E-state index in [2.05, 4.69) is 181 Å². The van der Waals surface area contributed by atoms with Gasteiger partial charge in [0.25, 0.3) is 0 Å². The summed E-state index contributed by atoms with van der Waals surface area (Å²) in [5.74, 6) is 0.